The molecule has 5 rings (SSSR count). The van der Waals surface area contributed by atoms with Gasteiger partial charge in [0.1, 0.15) is 17.6 Å². The van der Waals surface area contributed by atoms with Crippen LogP contribution in [0.25, 0.3) is 0 Å². The van der Waals surface area contributed by atoms with Gasteiger partial charge in [-0.1, -0.05) is 17.7 Å². The van der Waals surface area contributed by atoms with E-state index in [4.69, 9.17) is 9.47 Å². The standard InChI is InChI=1S/C27H30FN3O5/c1-19-3-2-4-21(17-19)24(32)29-11-9-27(10-12-29)31(25(33)20-5-7-22(28)8-6-20)23(18-36-27)26(34)30-13-15-35-16-14-30/h2-8,17,23H,9-16,18H2,1H3/t23-/m1/s1. The number of carbonyl (C=O) groups is 3. The van der Waals surface area contributed by atoms with Crippen molar-refractivity contribution in [2.24, 2.45) is 0 Å². The smallest absolute Gasteiger partial charge is 0.256 e. The van der Waals surface area contributed by atoms with E-state index in [9.17, 15) is 18.8 Å². The lowest BCUT2D eigenvalue weighted by Gasteiger charge is -2.45. The molecule has 1 atom stereocenters. The van der Waals surface area contributed by atoms with Crippen molar-refractivity contribution < 1.29 is 28.2 Å². The molecular weight excluding hydrogens is 465 g/mol. The van der Waals surface area contributed by atoms with Gasteiger partial charge in [0.05, 0.1) is 19.8 Å². The van der Waals surface area contributed by atoms with E-state index < -0.39 is 17.6 Å². The van der Waals surface area contributed by atoms with Gasteiger partial charge in [-0.25, -0.2) is 4.39 Å². The third-order valence-electron chi connectivity index (χ3n) is 7.28. The Labute approximate surface area is 209 Å². The molecule has 2 aromatic rings. The number of hydrogen-bond acceptors (Lipinski definition) is 5. The van der Waals surface area contributed by atoms with Crippen molar-refractivity contribution in [2.45, 2.75) is 31.5 Å². The van der Waals surface area contributed by atoms with Crippen LogP contribution in [0, 0.1) is 12.7 Å². The number of aryl methyl sites for hydroxylation is 1. The van der Waals surface area contributed by atoms with Crippen molar-refractivity contribution >= 4 is 17.7 Å². The quantitative estimate of drug-likeness (QED) is 0.654. The molecule has 0 aliphatic carbocycles. The van der Waals surface area contributed by atoms with E-state index in [0.717, 1.165) is 5.56 Å². The van der Waals surface area contributed by atoms with Gasteiger partial charge in [0, 0.05) is 50.1 Å². The van der Waals surface area contributed by atoms with E-state index in [-0.39, 0.29) is 24.3 Å². The highest BCUT2D eigenvalue weighted by Gasteiger charge is 2.55. The molecule has 3 aliphatic rings. The first-order valence-corrected chi connectivity index (χ1v) is 12.3. The van der Waals surface area contributed by atoms with Crippen molar-refractivity contribution in [1.29, 1.82) is 0 Å². The van der Waals surface area contributed by atoms with Gasteiger partial charge in [0.15, 0.2) is 0 Å². The molecular formula is C27H30FN3O5. The van der Waals surface area contributed by atoms with E-state index >= 15 is 0 Å². The van der Waals surface area contributed by atoms with Crippen LogP contribution in [0.2, 0.25) is 0 Å². The Morgan fingerprint density at radius 2 is 1.58 bits per heavy atom. The maximum absolute atomic E-state index is 13.8. The van der Waals surface area contributed by atoms with Crippen molar-refractivity contribution in [3.05, 3.63) is 71.0 Å². The number of piperidine rings is 1. The second-order valence-corrected chi connectivity index (χ2v) is 9.55. The summed E-state index contributed by atoms with van der Waals surface area (Å²) in [5, 5.41) is 0. The molecule has 0 unspecified atom stereocenters. The zero-order chi connectivity index (χ0) is 25.3. The van der Waals surface area contributed by atoms with Gasteiger partial charge < -0.3 is 19.3 Å². The van der Waals surface area contributed by atoms with Gasteiger partial charge in [-0.3, -0.25) is 19.3 Å². The number of morpholine rings is 1. The number of hydrogen-bond donors (Lipinski definition) is 0. The summed E-state index contributed by atoms with van der Waals surface area (Å²) in [7, 11) is 0. The number of rotatable bonds is 3. The van der Waals surface area contributed by atoms with Crippen LogP contribution in [0.3, 0.4) is 0 Å². The van der Waals surface area contributed by atoms with E-state index in [1.807, 2.05) is 25.1 Å². The summed E-state index contributed by atoms with van der Waals surface area (Å²) >= 11 is 0. The molecule has 3 fully saturated rings. The molecule has 0 aromatic heterocycles. The first-order chi connectivity index (χ1) is 17.4. The largest absolute Gasteiger partial charge is 0.378 e. The van der Waals surface area contributed by atoms with Gasteiger partial charge in [-0.2, -0.15) is 0 Å². The Balaban J connectivity index is 1.39. The minimum absolute atomic E-state index is 0.0658. The molecule has 0 N–H and O–H groups in total. The summed E-state index contributed by atoms with van der Waals surface area (Å²) < 4.78 is 25.2. The number of ether oxygens (including phenoxy) is 2. The molecule has 0 radical (unpaired) electrons. The van der Waals surface area contributed by atoms with Crippen LogP contribution in [-0.4, -0.2) is 90.2 Å². The summed E-state index contributed by atoms with van der Waals surface area (Å²) in [5.74, 6) is -1.06. The zero-order valence-electron chi connectivity index (χ0n) is 20.3. The molecule has 0 bridgehead atoms. The number of carbonyl (C=O) groups excluding carboxylic acids is 3. The topological polar surface area (TPSA) is 79.4 Å². The van der Waals surface area contributed by atoms with Crippen LogP contribution >= 0.6 is 0 Å². The average molecular weight is 496 g/mol. The normalized spacial score (nSPS) is 21.6. The Hall–Kier alpha value is -3.30. The summed E-state index contributed by atoms with van der Waals surface area (Å²) in [6.45, 7) is 4.61. The first kappa shape index (κ1) is 24.4. The Kier molecular flexibility index (Phi) is 6.77. The van der Waals surface area contributed by atoms with Gasteiger partial charge in [0.2, 0.25) is 5.91 Å². The number of nitrogens with zero attached hydrogens (tertiary/aromatic N) is 3. The highest BCUT2D eigenvalue weighted by atomic mass is 19.1. The van der Waals surface area contributed by atoms with Crippen molar-refractivity contribution in [1.82, 2.24) is 14.7 Å². The predicted octanol–water partition coefficient (Wildman–Crippen LogP) is 2.47. The van der Waals surface area contributed by atoms with Crippen molar-refractivity contribution in [3.8, 4) is 0 Å². The van der Waals surface area contributed by atoms with Gasteiger partial charge in [0.25, 0.3) is 11.8 Å². The monoisotopic (exact) mass is 495 g/mol. The van der Waals surface area contributed by atoms with Crippen molar-refractivity contribution in [2.75, 3.05) is 46.0 Å². The molecule has 1 spiro atoms. The predicted molar refractivity (Wildman–Crippen MR) is 129 cm³/mol. The minimum atomic E-state index is -1.01. The van der Waals surface area contributed by atoms with Gasteiger partial charge in [-0.15, -0.1) is 0 Å². The molecule has 8 nitrogen and oxygen atoms in total. The van der Waals surface area contributed by atoms with Crippen molar-refractivity contribution in [3.63, 3.8) is 0 Å². The lowest BCUT2D eigenvalue weighted by molar-refractivity contribution is -0.141. The number of benzene rings is 2. The molecule has 9 heteroatoms. The van der Waals surface area contributed by atoms with E-state index in [2.05, 4.69) is 0 Å². The fraction of sp³-hybridized carbons (Fsp3) is 0.444. The van der Waals surface area contributed by atoms with Gasteiger partial charge >= 0.3 is 0 Å². The highest BCUT2D eigenvalue weighted by molar-refractivity contribution is 5.98. The van der Waals surface area contributed by atoms with E-state index in [1.54, 1.807) is 20.8 Å². The molecule has 3 aliphatic heterocycles. The van der Waals surface area contributed by atoms with Crippen LogP contribution in [0.4, 0.5) is 4.39 Å². The van der Waals surface area contributed by atoms with Gasteiger partial charge in [-0.05, 0) is 43.3 Å². The highest BCUT2D eigenvalue weighted by Crippen LogP contribution is 2.39. The Morgan fingerprint density at radius 3 is 2.25 bits per heavy atom. The van der Waals surface area contributed by atoms with Crippen LogP contribution in [0.15, 0.2) is 48.5 Å². The Bertz CT molecular complexity index is 1140. The molecule has 0 saturated carbocycles. The fourth-order valence-electron chi connectivity index (χ4n) is 5.30. The summed E-state index contributed by atoms with van der Waals surface area (Å²) in [6.07, 6.45) is 0.759. The van der Waals surface area contributed by atoms with E-state index in [1.165, 1.54) is 24.3 Å². The molecule has 3 saturated heterocycles. The fourth-order valence-corrected chi connectivity index (χ4v) is 5.30. The van der Waals surface area contributed by atoms with Crippen LogP contribution < -0.4 is 0 Å². The number of likely N-dealkylation sites (tertiary alicyclic amines) is 1. The summed E-state index contributed by atoms with van der Waals surface area (Å²) in [5.41, 5.74) is 0.910. The second kappa shape index (κ2) is 9.99. The molecule has 3 heterocycles. The third-order valence-corrected chi connectivity index (χ3v) is 7.28. The van der Waals surface area contributed by atoms with Crippen LogP contribution in [0.5, 0.6) is 0 Å². The van der Waals surface area contributed by atoms with E-state index in [0.29, 0.717) is 63.4 Å². The maximum Gasteiger partial charge on any atom is 0.256 e. The lowest BCUT2D eigenvalue weighted by atomic mass is 9.95. The molecule has 36 heavy (non-hydrogen) atoms. The summed E-state index contributed by atoms with van der Waals surface area (Å²) in [6, 6.07) is 12.0. The Morgan fingerprint density at radius 1 is 0.889 bits per heavy atom. The number of halogens is 1. The molecule has 2 aromatic carbocycles. The average Bonchev–Trinajstić information content (AvgIpc) is 3.27. The first-order valence-electron chi connectivity index (χ1n) is 12.3. The van der Waals surface area contributed by atoms with Crippen LogP contribution in [-0.2, 0) is 14.3 Å². The number of amides is 3. The SMILES string of the molecule is Cc1cccc(C(=O)N2CCC3(CC2)OC[C@H](C(=O)N2CCOCC2)N3C(=O)c2ccc(F)cc2)c1. The zero-order valence-corrected chi connectivity index (χ0v) is 20.3. The minimum Gasteiger partial charge on any atom is -0.378 e. The lowest BCUT2D eigenvalue weighted by Crippen LogP contribution is -2.60. The third kappa shape index (κ3) is 4.60. The summed E-state index contributed by atoms with van der Waals surface area (Å²) in [4.78, 5) is 45.4. The second-order valence-electron chi connectivity index (χ2n) is 9.55. The molecule has 190 valence electrons. The molecule has 3 amide bonds. The van der Waals surface area contributed by atoms with Crippen LogP contribution in [0.1, 0.15) is 39.1 Å². The maximum atomic E-state index is 13.8.